The van der Waals surface area contributed by atoms with E-state index in [2.05, 4.69) is 31.9 Å². The minimum absolute atomic E-state index is 0.0120. The highest BCUT2D eigenvalue weighted by Gasteiger charge is 2.07. The summed E-state index contributed by atoms with van der Waals surface area (Å²) in [5.41, 5.74) is 1.73. The van der Waals surface area contributed by atoms with Crippen LogP contribution in [0.1, 0.15) is 11.1 Å². The molecule has 0 saturated carbocycles. The molecule has 0 saturated heterocycles. The number of benzene rings is 1. The number of ether oxygens (including phenoxy) is 1. The first-order valence-corrected chi connectivity index (χ1v) is 7.29. The molecule has 1 aromatic carbocycles. The second-order valence-electron chi connectivity index (χ2n) is 4.23. The van der Waals surface area contributed by atoms with E-state index in [4.69, 9.17) is 4.74 Å². The van der Waals surface area contributed by atoms with Crippen LogP contribution in [0.2, 0.25) is 0 Å². The molecular formula is C14H13Br2NO2. The molecule has 0 spiro atoms. The van der Waals surface area contributed by atoms with E-state index >= 15 is 0 Å². The van der Waals surface area contributed by atoms with Crippen molar-refractivity contribution < 1.29 is 4.74 Å². The van der Waals surface area contributed by atoms with Gasteiger partial charge in [0.25, 0.3) is 5.56 Å². The van der Waals surface area contributed by atoms with Crippen molar-refractivity contribution in [3.8, 4) is 5.75 Å². The Morgan fingerprint density at radius 3 is 2.68 bits per heavy atom. The van der Waals surface area contributed by atoms with E-state index in [1.165, 1.54) is 0 Å². The molecule has 0 atom stereocenters. The summed E-state index contributed by atoms with van der Waals surface area (Å²) in [4.78, 5) is 12.1. The van der Waals surface area contributed by atoms with Gasteiger partial charge in [-0.15, -0.1) is 0 Å². The third kappa shape index (κ3) is 3.28. The highest BCUT2D eigenvalue weighted by atomic mass is 79.9. The Bertz CT molecular complexity index is 665. The molecule has 0 aliphatic carbocycles. The number of halogens is 2. The first-order valence-electron chi connectivity index (χ1n) is 5.70. The molecule has 1 heterocycles. The molecule has 2 aromatic rings. The smallest absolute Gasteiger partial charge is 0.253 e. The van der Waals surface area contributed by atoms with Gasteiger partial charge in [-0.2, -0.15) is 0 Å². The average molecular weight is 387 g/mol. The van der Waals surface area contributed by atoms with Crippen LogP contribution in [0.5, 0.6) is 5.75 Å². The monoisotopic (exact) mass is 385 g/mol. The van der Waals surface area contributed by atoms with Crippen molar-refractivity contribution in [2.45, 2.75) is 13.5 Å². The quantitative estimate of drug-likeness (QED) is 0.804. The maximum atomic E-state index is 12.1. The maximum absolute atomic E-state index is 12.1. The zero-order valence-electron chi connectivity index (χ0n) is 10.6. The highest BCUT2D eigenvalue weighted by Crippen LogP contribution is 2.23. The Labute approximate surface area is 128 Å². The Morgan fingerprint density at radius 1 is 1.26 bits per heavy atom. The molecule has 0 fully saturated rings. The zero-order valence-corrected chi connectivity index (χ0v) is 13.8. The van der Waals surface area contributed by atoms with Crippen LogP contribution in [0.4, 0.5) is 0 Å². The standard InChI is InChI=1S/C14H13Br2NO2/c1-9-5-11(15)8-17(14(9)18)7-10-6-12(19-2)3-4-13(10)16/h3-6,8H,7H2,1-2H3. The summed E-state index contributed by atoms with van der Waals surface area (Å²) in [6, 6.07) is 7.54. The molecule has 0 unspecified atom stereocenters. The van der Waals surface area contributed by atoms with Crippen LogP contribution in [0.25, 0.3) is 0 Å². The predicted octanol–water partition coefficient (Wildman–Crippen LogP) is 3.74. The summed E-state index contributed by atoms with van der Waals surface area (Å²) >= 11 is 6.91. The number of hydrogen-bond acceptors (Lipinski definition) is 2. The lowest BCUT2D eigenvalue weighted by Gasteiger charge is -2.11. The molecule has 1 aromatic heterocycles. The topological polar surface area (TPSA) is 31.2 Å². The lowest BCUT2D eigenvalue weighted by molar-refractivity contribution is 0.414. The first kappa shape index (κ1) is 14.3. The molecule has 100 valence electrons. The molecule has 0 N–H and O–H groups in total. The summed E-state index contributed by atoms with van der Waals surface area (Å²) in [7, 11) is 1.63. The number of aromatic nitrogens is 1. The minimum Gasteiger partial charge on any atom is -0.497 e. The molecule has 0 bridgehead atoms. The SMILES string of the molecule is COc1ccc(Br)c(Cn2cc(Br)cc(C)c2=O)c1. The van der Waals surface area contributed by atoms with Crippen LogP contribution in [0.3, 0.4) is 0 Å². The van der Waals surface area contributed by atoms with Gasteiger partial charge in [-0.3, -0.25) is 4.79 Å². The molecule has 2 rings (SSSR count). The molecule has 3 nitrogen and oxygen atoms in total. The number of aryl methyl sites for hydroxylation is 1. The Balaban J connectivity index is 2.44. The first-order chi connectivity index (χ1) is 9.01. The number of hydrogen-bond donors (Lipinski definition) is 0. The molecule has 0 aliphatic heterocycles. The van der Waals surface area contributed by atoms with E-state index in [1.807, 2.05) is 31.2 Å². The van der Waals surface area contributed by atoms with Gasteiger partial charge < -0.3 is 9.30 Å². The van der Waals surface area contributed by atoms with Gasteiger partial charge in [-0.05, 0) is 52.7 Å². The van der Waals surface area contributed by atoms with Gasteiger partial charge in [0.1, 0.15) is 5.75 Å². The van der Waals surface area contributed by atoms with Crippen molar-refractivity contribution in [2.24, 2.45) is 0 Å². The van der Waals surface area contributed by atoms with Crippen LogP contribution in [0, 0.1) is 6.92 Å². The van der Waals surface area contributed by atoms with Crippen molar-refractivity contribution >= 4 is 31.9 Å². The third-order valence-electron chi connectivity index (χ3n) is 2.83. The molecular weight excluding hydrogens is 374 g/mol. The van der Waals surface area contributed by atoms with Gasteiger partial charge in [0.2, 0.25) is 0 Å². The van der Waals surface area contributed by atoms with Gasteiger partial charge in [0.05, 0.1) is 13.7 Å². The van der Waals surface area contributed by atoms with Crippen LogP contribution in [-0.4, -0.2) is 11.7 Å². The van der Waals surface area contributed by atoms with E-state index in [1.54, 1.807) is 17.9 Å². The van der Waals surface area contributed by atoms with Gasteiger partial charge in [-0.1, -0.05) is 15.9 Å². The maximum Gasteiger partial charge on any atom is 0.253 e. The Hall–Kier alpha value is -1.07. The van der Waals surface area contributed by atoms with Crippen molar-refractivity contribution in [2.75, 3.05) is 7.11 Å². The largest absolute Gasteiger partial charge is 0.497 e. The van der Waals surface area contributed by atoms with Crippen LogP contribution in [0.15, 0.2) is 44.2 Å². The fourth-order valence-corrected chi connectivity index (χ4v) is 2.80. The Morgan fingerprint density at radius 2 is 2.00 bits per heavy atom. The normalized spacial score (nSPS) is 10.5. The molecule has 19 heavy (non-hydrogen) atoms. The minimum atomic E-state index is 0.0120. The van der Waals surface area contributed by atoms with Gasteiger partial charge >= 0.3 is 0 Å². The molecule has 0 radical (unpaired) electrons. The van der Waals surface area contributed by atoms with Crippen molar-refractivity contribution in [3.05, 3.63) is 60.9 Å². The van der Waals surface area contributed by atoms with Crippen LogP contribution >= 0.6 is 31.9 Å². The number of rotatable bonds is 3. The fourth-order valence-electron chi connectivity index (χ4n) is 1.84. The average Bonchev–Trinajstić information content (AvgIpc) is 2.38. The Kier molecular flexibility index (Phi) is 4.47. The van der Waals surface area contributed by atoms with E-state index in [9.17, 15) is 4.79 Å². The van der Waals surface area contributed by atoms with Gasteiger partial charge in [0.15, 0.2) is 0 Å². The third-order valence-corrected chi connectivity index (χ3v) is 4.03. The second-order valence-corrected chi connectivity index (χ2v) is 6.00. The lowest BCUT2D eigenvalue weighted by Crippen LogP contribution is -2.22. The van der Waals surface area contributed by atoms with Gasteiger partial charge in [-0.25, -0.2) is 0 Å². The van der Waals surface area contributed by atoms with Crippen molar-refractivity contribution in [1.82, 2.24) is 4.57 Å². The fraction of sp³-hybridized carbons (Fsp3) is 0.214. The van der Waals surface area contributed by atoms with Crippen LogP contribution in [-0.2, 0) is 6.54 Å². The number of nitrogens with zero attached hydrogens (tertiary/aromatic N) is 1. The molecule has 0 aliphatic rings. The van der Waals surface area contributed by atoms with E-state index in [-0.39, 0.29) is 5.56 Å². The van der Waals surface area contributed by atoms with E-state index < -0.39 is 0 Å². The summed E-state index contributed by atoms with van der Waals surface area (Å²) in [5, 5.41) is 0. The van der Waals surface area contributed by atoms with E-state index in [0.717, 1.165) is 20.3 Å². The summed E-state index contributed by atoms with van der Waals surface area (Å²) in [5.74, 6) is 0.776. The predicted molar refractivity (Wildman–Crippen MR) is 82.9 cm³/mol. The van der Waals surface area contributed by atoms with Gasteiger partial charge in [0, 0.05) is 20.7 Å². The highest BCUT2D eigenvalue weighted by molar-refractivity contribution is 9.10. The molecule has 0 amide bonds. The lowest BCUT2D eigenvalue weighted by atomic mass is 10.2. The number of pyridine rings is 1. The van der Waals surface area contributed by atoms with Crippen molar-refractivity contribution in [1.29, 1.82) is 0 Å². The van der Waals surface area contributed by atoms with E-state index in [0.29, 0.717) is 12.1 Å². The molecule has 5 heteroatoms. The summed E-state index contributed by atoms with van der Waals surface area (Å²) < 4.78 is 8.74. The summed E-state index contributed by atoms with van der Waals surface area (Å²) in [6.07, 6.45) is 1.79. The van der Waals surface area contributed by atoms with Crippen LogP contribution < -0.4 is 10.3 Å². The second kappa shape index (κ2) is 5.92. The number of methoxy groups -OCH3 is 1. The zero-order chi connectivity index (χ0) is 14.0. The summed E-state index contributed by atoms with van der Waals surface area (Å²) in [6.45, 7) is 2.31. The van der Waals surface area contributed by atoms with Crippen molar-refractivity contribution in [3.63, 3.8) is 0 Å².